The van der Waals surface area contributed by atoms with Gasteiger partial charge in [0.1, 0.15) is 0 Å². The van der Waals surface area contributed by atoms with Crippen LogP contribution in [0.4, 0.5) is 4.79 Å². The highest BCUT2D eigenvalue weighted by Gasteiger charge is 2.38. The van der Waals surface area contributed by atoms with Crippen LogP contribution in [-0.2, 0) is 14.3 Å². The van der Waals surface area contributed by atoms with Crippen LogP contribution in [-0.4, -0.2) is 48.4 Å². The van der Waals surface area contributed by atoms with E-state index in [1.165, 1.54) is 6.92 Å². The van der Waals surface area contributed by atoms with Crippen LogP contribution in [0, 0.1) is 0 Å². The molecule has 0 unspecified atom stereocenters. The van der Waals surface area contributed by atoms with E-state index < -0.39 is 5.72 Å². The van der Waals surface area contributed by atoms with Crippen LogP contribution in [0.15, 0.2) is 12.7 Å². The van der Waals surface area contributed by atoms with Crippen LogP contribution in [0.25, 0.3) is 0 Å². The van der Waals surface area contributed by atoms with E-state index in [0.717, 1.165) is 32.1 Å². The fourth-order valence-corrected chi connectivity index (χ4v) is 3.39. The number of nitrogens with one attached hydrogen (secondary N) is 1. The number of rotatable bonds is 5. The molecule has 1 N–H and O–H groups in total. The Morgan fingerprint density at radius 2 is 2.04 bits per heavy atom. The zero-order chi connectivity index (χ0) is 16.7. The monoisotopic (exact) mass is 324 g/mol. The minimum absolute atomic E-state index is 0.0449. The Kier molecular flexibility index (Phi) is 6.45. The normalized spacial score (nSPS) is 23.9. The number of hydrogen-bond donors (Lipinski definition) is 1. The molecule has 0 radical (unpaired) electrons. The third-order valence-corrected chi connectivity index (χ3v) is 4.45. The van der Waals surface area contributed by atoms with Gasteiger partial charge in [-0.15, -0.1) is 6.58 Å². The molecular weight excluding hydrogens is 296 g/mol. The van der Waals surface area contributed by atoms with Gasteiger partial charge in [0, 0.05) is 32.9 Å². The number of piperidine rings is 1. The number of likely N-dealkylation sites (tertiary alicyclic amines) is 1. The molecule has 2 rings (SSSR count). The van der Waals surface area contributed by atoms with Crippen LogP contribution in [0.5, 0.6) is 0 Å². The summed E-state index contributed by atoms with van der Waals surface area (Å²) in [7, 11) is 0. The standard InChI is InChI=1S/C17H28N2O4/c1-3-12-22-15-8-7-11-19(13-15)16(21)18-17(23-14(2)20)9-5-4-6-10-17/h3,15H,1,4-13H2,2H3,(H,18,21)/t15-/m0/s1. The number of carbonyl (C=O) groups is 2. The molecule has 1 saturated carbocycles. The Morgan fingerprint density at radius 1 is 1.30 bits per heavy atom. The molecule has 0 bridgehead atoms. The molecule has 130 valence electrons. The molecule has 1 saturated heterocycles. The summed E-state index contributed by atoms with van der Waals surface area (Å²) in [6, 6.07) is -0.167. The zero-order valence-electron chi connectivity index (χ0n) is 14.0. The summed E-state index contributed by atoms with van der Waals surface area (Å²) in [6.07, 6.45) is 8.02. The molecule has 0 aromatic rings. The first kappa shape index (κ1) is 17.8. The second kappa shape index (κ2) is 8.34. The molecule has 6 heteroatoms. The van der Waals surface area contributed by atoms with E-state index in [0.29, 0.717) is 32.5 Å². The fraction of sp³-hybridized carbons (Fsp3) is 0.765. The van der Waals surface area contributed by atoms with Crippen molar-refractivity contribution in [1.29, 1.82) is 0 Å². The second-order valence-corrected chi connectivity index (χ2v) is 6.41. The van der Waals surface area contributed by atoms with Crippen LogP contribution in [0.2, 0.25) is 0 Å². The lowest BCUT2D eigenvalue weighted by molar-refractivity contribution is -0.163. The molecule has 2 aliphatic rings. The van der Waals surface area contributed by atoms with E-state index >= 15 is 0 Å². The van der Waals surface area contributed by atoms with Crippen molar-refractivity contribution in [1.82, 2.24) is 10.2 Å². The Labute approximate surface area is 138 Å². The van der Waals surface area contributed by atoms with E-state index in [4.69, 9.17) is 9.47 Å². The van der Waals surface area contributed by atoms with Crippen LogP contribution >= 0.6 is 0 Å². The molecule has 2 amide bonds. The summed E-state index contributed by atoms with van der Waals surface area (Å²) in [5.74, 6) is -0.349. The summed E-state index contributed by atoms with van der Waals surface area (Å²) in [4.78, 5) is 25.8. The quantitative estimate of drug-likeness (QED) is 0.479. The minimum atomic E-state index is -0.837. The van der Waals surface area contributed by atoms with E-state index in [9.17, 15) is 9.59 Å². The van der Waals surface area contributed by atoms with Crippen molar-refractivity contribution >= 4 is 12.0 Å². The molecule has 0 spiro atoms. The largest absolute Gasteiger partial charge is 0.439 e. The molecule has 0 aromatic heterocycles. The van der Waals surface area contributed by atoms with E-state index in [1.54, 1.807) is 11.0 Å². The molecule has 1 atom stereocenters. The van der Waals surface area contributed by atoms with Gasteiger partial charge in [0.05, 0.1) is 12.7 Å². The molecule has 0 aromatic carbocycles. The van der Waals surface area contributed by atoms with Crippen molar-refractivity contribution in [2.75, 3.05) is 19.7 Å². The molecule has 1 aliphatic heterocycles. The summed E-state index contributed by atoms with van der Waals surface area (Å²) in [6.45, 7) is 6.81. The highest BCUT2D eigenvalue weighted by Crippen LogP contribution is 2.30. The lowest BCUT2D eigenvalue weighted by Gasteiger charge is -2.40. The third kappa shape index (κ3) is 5.23. The molecule has 1 aliphatic carbocycles. The number of carbonyl (C=O) groups excluding carboxylic acids is 2. The van der Waals surface area contributed by atoms with Gasteiger partial charge in [0.25, 0.3) is 0 Å². The molecular formula is C17H28N2O4. The number of hydrogen-bond acceptors (Lipinski definition) is 4. The van der Waals surface area contributed by atoms with Gasteiger partial charge in [-0.1, -0.05) is 12.5 Å². The van der Waals surface area contributed by atoms with Crippen molar-refractivity contribution in [3.05, 3.63) is 12.7 Å². The zero-order valence-corrected chi connectivity index (χ0v) is 14.0. The van der Waals surface area contributed by atoms with Gasteiger partial charge in [-0.25, -0.2) is 4.79 Å². The van der Waals surface area contributed by atoms with Gasteiger partial charge in [0.15, 0.2) is 5.72 Å². The van der Waals surface area contributed by atoms with E-state index in [2.05, 4.69) is 11.9 Å². The highest BCUT2D eigenvalue weighted by molar-refractivity contribution is 5.76. The number of urea groups is 1. The van der Waals surface area contributed by atoms with Gasteiger partial charge in [0.2, 0.25) is 0 Å². The SMILES string of the molecule is C=CCO[C@H]1CCCN(C(=O)NC2(OC(C)=O)CCCCC2)C1. The maximum Gasteiger partial charge on any atom is 0.320 e. The maximum absolute atomic E-state index is 12.6. The number of esters is 1. The number of nitrogens with zero attached hydrogens (tertiary/aromatic N) is 1. The van der Waals surface area contributed by atoms with Crippen molar-refractivity contribution in [2.45, 2.75) is 63.7 Å². The summed E-state index contributed by atoms with van der Waals surface area (Å²) >= 11 is 0. The number of amides is 2. The van der Waals surface area contributed by atoms with Gasteiger partial charge < -0.3 is 14.4 Å². The Hall–Kier alpha value is -1.56. The van der Waals surface area contributed by atoms with Crippen molar-refractivity contribution < 1.29 is 19.1 Å². The average molecular weight is 324 g/mol. The number of ether oxygens (including phenoxy) is 2. The fourth-order valence-electron chi connectivity index (χ4n) is 3.39. The predicted molar refractivity (Wildman–Crippen MR) is 86.9 cm³/mol. The first-order chi connectivity index (χ1) is 11.0. The van der Waals surface area contributed by atoms with Crippen molar-refractivity contribution in [2.24, 2.45) is 0 Å². The summed E-state index contributed by atoms with van der Waals surface area (Å²) in [5, 5.41) is 2.98. The van der Waals surface area contributed by atoms with Gasteiger partial charge in [-0.3, -0.25) is 10.1 Å². The predicted octanol–water partition coefficient (Wildman–Crippen LogP) is 2.59. The third-order valence-electron chi connectivity index (χ3n) is 4.45. The highest BCUT2D eigenvalue weighted by atomic mass is 16.6. The van der Waals surface area contributed by atoms with Crippen LogP contribution in [0.1, 0.15) is 51.9 Å². The second-order valence-electron chi connectivity index (χ2n) is 6.41. The van der Waals surface area contributed by atoms with Crippen LogP contribution in [0.3, 0.4) is 0 Å². The smallest absolute Gasteiger partial charge is 0.320 e. The Bertz CT molecular complexity index is 432. The van der Waals surface area contributed by atoms with Gasteiger partial charge in [-0.2, -0.15) is 0 Å². The van der Waals surface area contributed by atoms with Gasteiger partial charge in [-0.05, 0) is 25.7 Å². The van der Waals surface area contributed by atoms with Crippen molar-refractivity contribution in [3.63, 3.8) is 0 Å². The van der Waals surface area contributed by atoms with Crippen molar-refractivity contribution in [3.8, 4) is 0 Å². The Morgan fingerprint density at radius 3 is 2.70 bits per heavy atom. The lowest BCUT2D eigenvalue weighted by atomic mass is 9.91. The van der Waals surface area contributed by atoms with E-state index in [-0.39, 0.29) is 18.1 Å². The molecule has 2 fully saturated rings. The van der Waals surface area contributed by atoms with Gasteiger partial charge >= 0.3 is 12.0 Å². The van der Waals surface area contributed by atoms with Crippen LogP contribution < -0.4 is 5.32 Å². The molecule has 23 heavy (non-hydrogen) atoms. The molecule has 6 nitrogen and oxygen atoms in total. The topological polar surface area (TPSA) is 67.9 Å². The first-order valence-corrected chi connectivity index (χ1v) is 8.54. The van der Waals surface area contributed by atoms with E-state index in [1.807, 2.05) is 0 Å². The summed E-state index contributed by atoms with van der Waals surface area (Å²) < 4.78 is 11.2. The first-order valence-electron chi connectivity index (χ1n) is 8.54. The average Bonchev–Trinajstić information content (AvgIpc) is 2.53. The lowest BCUT2D eigenvalue weighted by Crippen LogP contribution is -2.58. The molecule has 1 heterocycles. The minimum Gasteiger partial charge on any atom is -0.439 e. The maximum atomic E-state index is 12.6. The Balaban J connectivity index is 1.94. The summed E-state index contributed by atoms with van der Waals surface area (Å²) in [5.41, 5.74) is -0.837.